The Morgan fingerprint density at radius 1 is 0.897 bits per heavy atom. The number of aromatic hydroxyl groups is 1. The van der Waals surface area contributed by atoms with Gasteiger partial charge in [-0.05, 0) is 23.3 Å². The molecule has 0 aliphatic carbocycles. The highest BCUT2D eigenvalue weighted by Gasteiger charge is 2.26. The Balaban J connectivity index is 1.89. The van der Waals surface area contributed by atoms with E-state index < -0.39 is 11.5 Å². The second kappa shape index (κ2) is 8.02. The summed E-state index contributed by atoms with van der Waals surface area (Å²) in [6.45, 7) is 0. The molecule has 4 aromatic rings. The number of hydrogen-bond donors (Lipinski definition) is 2. The molecule has 0 aliphatic rings. The topological polar surface area (TPSA) is 83.0 Å². The van der Waals surface area contributed by atoms with Crippen molar-refractivity contribution in [2.75, 3.05) is 0 Å². The van der Waals surface area contributed by atoms with Gasteiger partial charge in [-0.25, -0.2) is 4.79 Å². The van der Waals surface area contributed by atoms with Gasteiger partial charge < -0.3 is 14.7 Å². The molecular weight excluding hydrogens is 366 g/mol. The Bertz CT molecular complexity index is 1210. The first-order chi connectivity index (χ1) is 14.2. The van der Waals surface area contributed by atoms with Crippen LogP contribution in [0.5, 0.6) is 5.75 Å². The fraction of sp³-hybridized carbons (Fsp3) is 0.0833. The maximum absolute atomic E-state index is 12.8. The third-order valence-electron chi connectivity index (χ3n) is 5.00. The minimum Gasteiger partial charge on any atom is -0.507 e. The Morgan fingerprint density at radius 2 is 1.52 bits per heavy atom. The summed E-state index contributed by atoms with van der Waals surface area (Å²) in [4.78, 5) is 12.8. The Morgan fingerprint density at radius 3 is 2.21 bits per heavy atom. The first-order valence-electron chi connectivity index (χ1n) is 9.25. The zero-order valence-corrected chi connectivity index (χ0v) is 15.5. The summed E-state index contributed by atoms with van der Waals surface area (Å²) in [5, 5.41) is 24.5. The van der Waals surface area contributed by atoms with E-state index in [0.29, 0.717) is 16.7 Å². The second-order valence-electron chi connectivity index (χ2n) is 6.73. The van der Waals surface area contributed by atoms with Crippen molar-refractivity contribution >= 4 is 16.7 Å². The van der Waals surface area contributed by atoms with Gasteiger partial charge in [-0.3, -0.25) is 0 Å². The van der Waals surface area contributed by atoms with Crippen LogP contribution in [-0.4, -0.2) is 16.0 Å². The molecule has 0 saturated carbocycles. The van der Waals surface area contributed by atoms with E-state index in [-0.39, 0.29) is 17.7 Å². The summed E-state index contributed by atoms with van der Waals surface area (Å²) in [5.74, 6) is -0.667. The van der Waals surface area contributed by atoms with Gasteiger partial charge in [0.05, 0.1) is 16.7 Å². The van der Waals surface area contributed by atoms with Crippen molar-refractivity contribution in [2.45, 2.75) is 12.3 Å². The van der Waals surface area contributed by atoms with Crippen molar-refractivity contribution in [1.82, 2.24) is 0 Å². The zero-order valence-electron chi connectivity index (χ0n) is 15.5. The van der Waals surface area contributed by atoms with E-state index in [1.54, 1.807) is 24.3 Å². The average molecular weight is 385 g/mol. The molecule has 5 nitrogen and oxygen atoms in total. The minimum atomic E-state index is -0.611. The number of fused-ring (bicyclic) bond motifs is 1. The van der Waals surface area contributed by atoms with Gasteiger partial charge in [0.1, 0.15) is 11.3 Å². The predicted octanol–water partition coefficient (Wildman–Crippen LogP) is 4.90. The van der Waals surface area contributed by atoms with Crippen LogP contribution in [0.25, 0.3) is 11.0 Å². The number of nitrogens with zero attached hydrogens (tertiary/aromatic N) is 1. The Hall–Kier alpha value is -3.86. The van der Waals surface area contributed by atoms with Crippen molar-refractivity contribution in [3.63, 3.8) is 0 Å². The van der Waals surface area contributed by atoms with Gasteiger partial charge in [-0.15, -0.1) is 0 Å². The number of hydrogen-bond acceptors (Lipinski definition) is 5. The van der Waals surface area contributed by atoms with Crippen LogP contribution in [0, 0.1) is 0 Å². The quantitative estimate of drug-likeness (QED) is 0.222. The zero-order chi connectivity index (χ0) is 20.2. The summed E-state index contributed by atoms with van der Waals surface area (Å²) >= 11 is 0. The molecule has 0 fully saturated rings. The van der Waals surface area contributed by atoms with Crippen LogP contribution in [0.4, 0.5) is 0 Å². The molecule has 1 aromatic heterocycles. The SMILES string of the molecule is O=c1oc2ccccc2c(O)c1[C@@H](C/C(=N/O)c1ccccc1)c1ccccc1. The highest BCUT2D eigenvalue weighted by Crippen LogP contribution is 2.36. The Kier molecular flexibility index (Phi) is 5.12. The molecule has 0 spiro atoms. The van der Waals surface area contributed by atoms with E-state index in [2.05, 4.69) is 5.16 Å². The highest BCUT2D eigenvalue weighted by atomic mass is 16.4. The van der Waals surface area contributed by atoms with Crippen molar-refractivity contribution in [3.05, 3.63) is 112 Å². The summed E-state index contributed by atoms with van der Waals surface area (Å²) in [6.07, 6.45) is 0.210. The molecule has 0 radical (unpaired) electrons. The molecule has 1 heterocycles. The molecule has 0 amide bonds. The van der Waals surface area contributed by atoms with E-state index in [1.165, 1.54) is 0 Å². The minimum absolute atomic E-state index is 0.115. The van der Waals surface area contributed by atoms with Gasteiger partial charge in [-0.2, -0.15) is 0 Å². The Labute approximate surface area is 167 Å². The first-order valence-corrected chi connectivity index (χ1v) is 9.25. The lowest BCUT2D eigenvalue weighted by molar-refractivity contribution is 0.317. The smallest absolute Gasteiger partial charge is 0.343 e. The molecule has 1 atom stereocenters. The second-order valence-corrected chi connectivity index (χ2v) is 6.73. The van der Waals surface area contributed by atoms with E-state index >= 15 is 0 Å². The van der Waals surface area contributed by atoms with Crippen LogP contribution in [-0.2, 0) is 0 Å². The maximum Gasteiger partial charge on any atom is 0.343 e. The lowest BCUT2D eigenvalue weighted by atomic mass is 9.85. The van der Waals surface area contributed by atoms with Crippen LogP contribution < -0.4 is 5.63 Å². The summed E-state index contributed by atoms with van der Waals surface area (Å²) in [7, 11) is 0. The maximum atomic E-state index is 12.8. The lowest BCUT2D eigenvalue weighted by Crippen LogP contribution is -2.18. The normalized spacial score (nSPS) is 12.8. The van der Waals surface area contributed by atoms with Crippen LogP contribution in [0.2, 0.25) is 0 Å². The van der Waals surface area contributed by atoms with Gasteiger partial charge in [0.25, 0.3) is 0 Å². The predicted molar refractivity (Wildman–Crippen MR) is 112 cm³/mol. The number of rotatable bonds is 5. The molecule has 0 bridgehead atoms. The molecule has 5 heteroatoms. The van der Waals surface area contributed by atoms with Crippen molar-refractivity contribution in [3.8, 4) is 5.75 Å². The van der Waals surface area contributed by atoms with Crippen LogP contribution in [0.15, 0.2) is 99.3 Å². The van der Waals surface area contributed by atoms with Gasteiger partial charge in [0, 0.05) is 12.3 Å². The van der Waals surface area contributed by atoms with Crippen molar-refractivity contribution in [2.24, 2.45) is 5.16 Å². The average Bonchev–Trinajstić information content (AvgIpc) is 2.77. The largest absolute Gasteiger partial charge is 0.507 e. The lowest BCUT2D eigenvalue weighted by Gasteiger charge is -2.19. The molecular formula is C24H19NO4. The van der Waals surface area contributed by atoms with E-state index in [4.69, 9.17) is 4.42 Å². The van der Waals surface area contributed by atoms with Crippen LogP contribution in [0.1, 0.15) is 29.0 Å². The molecule has 0 aliphatic heterocycles. The van der Waals surface area contributed by atoms with Gasteiger partial charge in [0.2, 0.25) is 0 Å². The highest BCUT2D eigenvalue weighted by molar-refractivity contribution is 6.01. The van der Waals surface area contributed by atoms with E-state index in [0.717, 1.165) is 11.1 Å². The van der Waals surface area contributed by atoms with E-state index in [1.807, 2.05) is 60.7 Å². The van der Waals surface area contributed by atoms with Crippen molar-refractivity contribution in [1.29, 1.82) is 0 Å². The van der Waals surface area contributed by atoms with Gasteiger partial charge in [-0.1, -0.05) is 78.0 Å². The molecule has 2 N–H and O–H groups in total. The number of benzene rings is 3. The number of oxime groups is 1. The van der Waals surface area contributed by atoms with Gasteiger partial charge >= 0.3 is 5.63 Å². The molecule has 0 unspecified atom stereocenters. The summed E-state index contributed by atoms with van der Waals surface area (Å²) < 4.78 is 5.48. The fourth-order valence-corrected chi connectivity index (χ4v) is 3.57. The fourth-order valence-electron chi connectivity index (χ4n) is 3.57. The van der Waals surface area contributed by atoms with Crippen LogP contribution in [0.3, 0.4) is 0 Å². The monoisotopic (exact) mass is 385 g/mol. The molecule has 0 saturated heterocycles. The molecule has 144 valence electrons. The third kappa shape index (κ3) is 3.62. The summed E-state index contributed by atoms with van der Waals surface area (Å²) in [5.41, 5.74) is 1.81. The molecule has 3 aromatic carbocycles. The molecule has 4 rings (SSSR count). The third-order valence-corrected chi connectivity index (χ3v) is 5.00. The summed E-state index contributed by atoms with van der Waals surface area (Å²) in [6, 6.07) is 25.4. The van der Waals surface area contributed by atoms with Crippen LogP contribution >= 0.6 is 0 Å². The van der Waals surface area contributed by atoms with E-state index in [9.17, 15) is 15.1 Å². The first kappa shape index (κ1) is 18.5. The molecule has 29 heavy (non-hydrogen) atoms. The van der Waals surface area contributed by atoms with Gasteiger partial charge in [0.15, 0.2) is 0 Å². The number of para-hydroxylation sites is 1. The standard InChI is InChI=1S/C24H19NO4/c26-23-18-13-7-8-14-21(18)29-24(27)22(23)19(16-9-3-1-4-10-16)15-20(25-28)17-11-5-2-6-12-17/h1-14,19,26,28H,15H2/b25-20-/t19-/m0/s1. The van der Waals surface area contributed by atoms with Crippen molar-refractivity contribution < 1.29 is 14.7 Å².